The Balaban J connectivity index is 2.05. The Bertz CT molecular complexity index is 796. The molecule has 25 heavy (non-hydrogen) atoms. The average Bonchev–Trinajstić information content (AvgIpc) is 2.56. The summed E-state index contributed by atoms with van der Waals surface area (Å²) in [7, 11) is 0. The van der Waals surface area contributed by atoms with Crippen molar-refractivity contribution in [3.63, 3.8) is 0 Å². The zero-order chi connectivity index (χ0) is 18.4. The van der Waals surface area contributed by atoms with E-state index >= 15 is 0 Å². The molecular formula is C20H21FN2O2. The molecule has 0 atom stereocenters. The van der Waals surface area contributed by atoms with E-state index in [-0.39, 0.29) is 11.6 Å². The fraction of sp³-hybridized carbons (Fsp3) is 0.200. The Morgan fingerprint density at radius 1 is 1.04 bits per heavy atom. The second-order valence-electron chi connectivity index (χ2n) is 6.02. The van der Waals surface area contributed by atoms with Crippen LogP contribution >= 0.6 is 0 Å². The maximum Gasteiger partial charge on any atom is 0.248 e. The van der Waals surface area contributed by atoms with Gasteiger partial charge in [0.25, 0.3) is 0 Å². The molecule has 2 aromatic rings. The minimum absolute atomic E-state index is 0.0102. The lowest BCUT2D eigenvalue weighted by Crippen LogP contribution is -2.11. The number of rotatable bonds is 5. The summed E-state index contributed by atoms with van der Waals surface area (Å²) < 4.78 is 13.8. The third-order valence-corrected chi connectivity index (χ3v) is 3.57. The molecule has 0 heterocycles. The van der Waals surface area contributed by atoms with Gasteiger partial charge < -0.3 is 10.6 Å². The molecule has 0 unspecified atom stereocenters. The largest absolute Gasteiger partial charge is 0.326 e. The third-order valence-electron chi connectivity index (χ3n) is 3.57. The molecule has 2 amide bonds. The summed E-state index contributed by atoms with van der Waals surface area (Å²) in [6.45, 7) is 5.58. The van der Waals surface area contributed by atoms with Crippen molar-refractivity contribution < 1.29 is 14.0 Å². The van der Waals surface area contributed by atoms with Gasteiger partial charge in [-0.2, -0.15) is 0 Å². The smallest absolute Gasteiger partial charge is 0.248 e. The molecule has 0 aliphatic carbocycles. The highest BCUT2D eigenvalue weighted by molar-refractivity contribution is 6.02. The van der Waals surface area contributed by atoms with Gasteiger partial charge in [0, 0.05) is 18.7 Å². The second kappa shape index (κ2) is 8.24. The number of carbonyl (C=O) groups excluding carboxylic acids is 2. The molecule has 130 valence electrons. The van der Waals surface area contributed by atoms with Crippen LogP contribution in [0.5, 0.6) is 0 Å². The third kappa shape index (κ3) is 5.57. The summed E-state index contributed by atoms with van der Waals surface area (Å²) in [5, 5.41) is 5.01. The van der Waals surface area contributed by atoms with Crippen molar-refractivity contribution in [1.82, 2.24) is 0 Å². The molecule has 0 saturated carbocycles. The first-order valence-corrected chi connectivity index (χ1v) is 8.01. The number of halogens is 1. The molecule has 0 spiro atoms. The molecule has 0 aliphatic heterocycles. The zero-order valence-electron chi connectivity index (χ0n) is 14.5. The lowest BCUT2D eigenvalue weighted by molar-refractivity contribution is -0.114. The van der Waals surface area contributed by atoms with Crippen molar-refractivity contribution in [2.45, 2.75) is 26.7 Å². The summed E-state index contributed by atoms with van der Waals surface area (Å²) in [6.07, 6.45) is 3.00. The molecule has 0 saturated heterocycles. The van der Waals surface area contributed by atoms with Crippen molar-refractivity contribution in [2.75, 3.05) is 10.6 Å². The van der Waals surface area contributed by atoms with Gasteiger partial charge in [0.2, 0.25) is 11.8 Å². The molecule has 4 nitrogen and oxygen atoms in total. The van der Waals surface area contributed by atoms with Crippen LogP contribution in [-0.2, 0) is 9.59 Å². The number of anilines is 2. The van der Waals surface area contributed by atoms with Crippen molar-refractivity contribution >= 4 is 29.3 Å². The zero-order valence-corrected chi connectivity index (χ0v) is 14.5. The van der Waals surface area contributed by atoms with Crippen LogP contribution in [0, 0.1) is 5.82 Å². The quantitative estimate of drug-likeness (QED) is 0.784. The van der Waals surface area contributed by atoms with Crippen molar-refractivity contribution in [3.8, 4) is 0 Å². The van der Waals surface area contributed by atoms with Gasteiger partial charge in [-0.1, -0.05) is 38.1 Å². The Labute approximate surface area is 146 Å². The first-order valence-electron chi connectivity index (χ1n) is 8.01. The maximum atomic E-state index is 13.8. The average molecular weight is 340 g/mol. The van der Waals surface area contributed by atoms with Crippen LogP contribution in [0.1, 0.15) is 37.8 Å². The molecule has 0 radical (unpaired) electrons. The number of carbonyl (C=O) groups is 2. The van der Waals surface area contributed by atoms with E-state index < -0.39 is 11.7 Å². The number of benzene rings is 2. The van der Waals surface area contributed by atoms with Crippen LogP contribution in [-0.4, -0.2) is 11.8 Å². The summed E-state index contributed by atoms with van der Waals surface area (Å²) in [5.74, 6) is -0.849. The topological polar surface area (TPSA) is 58.2 Å². The molecule has 0 fully saturated rings. The molecule has 5 heteroatoms. The summed E-state index contributed by atoms with van der Waals surface area (Å²) in [5.41, 5.74) is 2.53. The minimum Gasteiger partial charge on any atom is -0.326 e. The molecule has 0 aromatic heterocycles. The number of hydrogen-bond donors (Lipinski definition) is 2. The second-order valence-corrected chi connectivity index (χ2v) is 6.02. The first-order chi connectivity index (χ1) is 11.8. The molecule has 2 rings (SSSR count). The van der Waals surface area contributed by atoms with E-state index in [1.54, 1.807) is 6.08 Å². The van der Waals surface area contributed by atoms with Crippen LogP contribution in [0.25, 0.3) is 6.08 Å². The fourth-order valence-corrected chi connectivity index (χ4v) is 2.24. The van der Waals surface area contributed by atoms with Gasteiger partial charge in [0.15, 0.2) is 0 Å². The lowest BCUT2D eigenvalue weighted by Gasteiger charge is -2.08. The lowest BCUT2D eigenvalue weighted by atomic mass is 10.0. The van der Waals surface area contributed by atoms with E-state index in [2.05, 4.69) is 24.5 Å². The van der Waals surface area contributed by atoms with E-state index in [9.17, 15) is 14.0 Å². The van der Waals surface area contributed by atoms with Crippen molar-refractivity contribution in [3.05, 3.63) is 65.5 Å². The Hall–Kier alpha value is -2.95. The normalized spacial score (nSPS) is 10.9. The molecule has 0 aliphatic rings. The predicted molar refractivity (Wildman–Crippen MR) is 98.9 cm³/mol. The van der Waals surface area contributed by atoms with E-state index in [0.717, 1.165) is 5.56 Å². The number of nitrogens with one attached hydrogen (secondary N) is 2. The number of hydrogen-bond acceptors (Lipinski definition) is 2. The van der Waals surface area contributed by atoms with Crippen molar-refractivity contribution in [1.29, 1.82) is 0 Å². The van der Waals surface area contributed by atoms with E-state index in [1.807, 2.05) is 24.3 Å². The van der Waals surface area contributed by atoms with Crippen LogP contribution in [0.15, 0.2) is 48.5 Å². The van der Waals surface area contributed by atoms with Gasteiger partial charge in [-0.25, -0.2) is 4.39 Å². The highest BCUT2D eigenvalue weighted by atomic mass is 19.1. The van der Waals surface area contributed by atoms with Gasteiger partial charge in [0.05, 0.1) is 5.69 Å². The molecular weight excluding hydrogens is 319 g/mol. The van der Waals surface area contributed by atoms with Gasteiger partial charge in [-0.3, -0.25) is 9.59 Å². The van der Waals surface area contributed by atoms with Crippen LogP contribution in [0.2, 0.25) is 0 Å². The minimum atomic E-state index is -0.572. The Morgan fingerprint density at radius 3 is 2.32 bits per heavy atom. The monoisotopic (exact) mass is 340 g/mol. The maximum absolute atomic E-state index is 13.8. The molecule has 2 N–H and O–H groups in total. The standard InChI is InChI=1S/C20H21FN2O2/c1-13(2)16-7-4-15(5-8-16)6-11-20(25)23-19-12-17(22-14(3)24)9-10-18(19)21/h4-13H,1-3H3,(H,22,24)(H,23,25)/b11-6+. The molecule has 2 aromatic carbocycles. The highest BCUT2D eigenvalue weighted by Crippen LogP contribution is 2.20. The van der Waals surface area contributed by atoms with Crippen molar-refractivity contribution in [2.24, 2.45) is 0 Å². The van der Waals surface area contributed by atoms with Crippen LogP contribution in [0.4, 0.5) is 15.8 Å². The SMILES string of the molecule is CC(=O)Nc1ccc(F)c(NC(=O)/C=C/c2ccc(C(C)C)cc2)c1. The van der Waals surface area contributed by atoms with E-state index in [1.165, 1.54) is 36.8 Å². The fourth-order valence-electron chi connectivity index (χ4n) is 2.24. The van der Waals surface area contributed by atoms with E-state index in [4.69, 9.17) is 0 Å². The predicted octanol–water partition coefficient (Wildman–Crippen LogP) is 4.56. The van der Waals surface area contributed by atoms with Crippen LogP contribution in [0.3, 0.4) is 0 Å². The summed E-state index contributed by atoms with van der Waals surface area (Å²) >= 11 is 0. The number of amides is 2. The first kappa shape index (κ1) is 18.4. The summed E-state index contributed by atoms with van der Waals surface area (Å²) in [4.78, 5) is 23.0. The molecule has 0 bridgehead atoms. The van der Waals surface area contributed by atoms with Gasteiger partial charge in [-0.15, -0.1) is 0 Å². The van der Waals surface area contributed by atoms with Gasteiger partial charge >= 0.3 is 0 Å². The van der Waals surface area contributed by atoms with E-state index in [0.29, 0.717) is 11.6 Å². The van der Waals surface area contributed by atoms with Crippen LogP contribution < -0.4 is 10.6 Å². The van der Waals surface area contributed by atoms with Gasteiger partial charge in [0.1, 0.15) is 5.82 Å². The van der Waals surface area contributed by atoms with Gasteiger partial charge in [-0.05, 0) is 41.3 Å². The highest BCUT2D eigenvalue weighted by Gasteiger charge is 2.07. The Morgan fingerprint density at radius 2 is 1.72 bits per heavy atom. The Kier molecular flexibility index (Phi) is 6.06. The summed E-state index contributed by atoms with van der Waals surface area (Å²) in [6, 6.07) is 11.9.